The van der Waals surface area contributed by atoms with Crippen molar-refractivity contribution in [2.75, 3.05) is 34.9 Å². The summed E-state index contributed by atoms with van der Waals surface area (Å²) in [6.45, 7) is 0.595. The van der Waals surface area contributed by atoms with Crippen LogP contribution in [-0.4, -0.2) is 45.7 Å². The zero-order valence-corrected chi connectivity index (χ0v) is 13.2. The van der Waals surface area contributed by atoms with Crippen LogP contribution in [0, 0.1) is 5.92 Å². The van der Waals surface area contributed by atoms with Gasteiger partial charge in [-0.3, -0.25) is 4.79 Å². The van der Waals surface area contributed by atoms with Crippen LogP contribution < -0.4 is 14.8 Å². The molecule has 0 heterocycles. The van der Waals surface area contributed by atoms with E-state index in [-0.39, 0.29) is 17.9 Å². The zero-order chi connectivity index (χ0) is 15.4. The fourth-order valence-electron chi connectivity index (χ4n) is 2.35. The Hall–Kier alpha value is -1.75. The fraction of sp³-hybridized carbons (Fsp3) is 0.562. The normalized spacial score (nSPS) is 15.7. The third kappa shape index (κ3) is 3.88. The molecule has 5 nitrogen and oxygen atoms in total. The van der Waals surface area contributed by atoms with E-state index in [4.69, 9.17) is 9.47 Å². The second-order valence-electron chi connectivity index (χ2n) is 5.61. The highest BCUT2D eigenvalue weighted by Crippen LogP contribution is 2.32. The van der Waals surface area contributed by atoms with Gasteiger partial charge >= 0.3 is 0 Å². The Morgan fingerprint density at radius 1 is 1.29 bits per heavy atom. The maximum absolute atomic E-state index is 11.8. The van der Waals surface area contributed by atoms with Crippen molar-refractivity contribution >= 4 is 5.91 Å². The van der Waals surface area contributed by atoms with Crippen molar-refractivity contribution in [3.63, 3.8) is 0 Å². The van der Waals surface area contributed by atoms with Gasteiger partial charge in [0.25, 0.3) is 0 Å². The molecular formula is C16H24N2O3. The second kappa shape index (κ2) is 6.80. The van der Waals surface area contributed by atoms with Crippen LogP contribution in [0.4, 0.5) is 0 Å². The molecule has 0 spiro atoms. The minimum absolute atomic E-state index is 0.104. The Kier molecular flexibility index (Phi) is 5.07. The molecule has 1 N–H and O–H groups in total. The van der Waals surface area contributed by atoms with Crippen LogP contribution in [0.3, 0.4) is 0 Å². The molecule has 21 heavy (non-hydrogen) atoms. The van der Waals surface area contributed by atoms with Gasteiger partial charge in [0.1, 0.15) is 0 Å². The summed E-state index contributed by atoms with van der Waals surface area (Å²) in [5.74, 6) is 1.82. The third-order valence-electron chi connectivity index (χ3n) is 3.83. The van der Waals surface area contributed by atoms with Crippen molar-refractivity contribution < 1.29 is 14.3 Å². The Labute approximate surface area is 126 Å². The van der Waals surface area contributed by atoms with Crippen LogP contribution in [0.25, 0.3) is 0 Å². The van der Waals surface area contributed by atoms with E-state index in [0.29, 0.717) is 18.0 Å². The number of nitrogens with zero attached hydrogens (tertiary/aromatic N) is 1. The van der Waals surface area contributed by atoms with Gasteiger partial charge in [0.15, 0.2) is 11.5 Å². The monoisotopic (exact) mass is 292 g/mol. The summed E-state index contributed by atoms with van der Waals surface area (Å²) in [4.78, 5) is 13.9. The Bertz CT molecular complexity index is 498. The molecule has 0 aromatic heterocycles. The Balaban J connectivity index is 2.11. The number of nitrogens with one attached hydrogen (secondary N) is 1. The highest BCUT2D eigenvalue weighted by Gasteiger charge is 2.30. The molecule has 0 saturated heterocycles. The van der Waals surface area contributed by atoms with Gasteiger partial charge in [-0.15, -0.1) is 0 Å². The van der Waals surface area contributed by atoms with Gasteiger partial charge in [-0.2, -0.15) is 0 Å². The lowest BCUT2D eigenvalue weighted by Crippen LogP contribution is -2.35. The number of benzene rings is 1. The molecule has 1 saturated carbocycles. The number of hydrogen-bond acceptors (Lipinski definition) is 4. The Morgan fingerprint density at radius 3 is 2.48 bits per heavy atom. The molecule has 0 radical (unpaired) electrons. The van der Waals surface area contributed by atoms with Gasteiger partial charge in [-0.05, 0) is 44.6 Å². The maximum atomic E-state index is 11.8. The molecule has 0 bridgehead atoms. The van der Waals surface area contributed by atoms with E-state index in [2.05, 4.69) is 10.2 Å². The van der Waals surface area contributed by atoms with Crippen LogP contribution in [0.15, 0.2) is 18.2 Å². The molecule has 1 aliphatic carbocycles. The quantitative estimate of drug-likeness (QED) is 0.833. The molecule has 1 fully saturated rings. The summed E-state index contributed by atoms with van der Waals surface area (Å²) in [7, 11) is 7.26. The smallest absolute Gasteiger partial charge is 0.223 e. The van der Waals surface area contributed by atoms with E-state index in [1.165, 1.54) is 0 Å². The molecule has 1 atom stereocenters. The zero-order valence-electron chi connectivity index (χ0n) is 13.2. The Morgan fingerprint density at radius 2 is 1.95 bits per heavy atom. The molecule has 1 amide bonds. The fourth-order valence-corrected chi connectivity index (χ4v) is 2.35. The predicted molar refractivity (Wildman–Crippen MR) is 81.7 cm³/mol. The largest absolute Gasteiger partial charge is 0.493 e. The first kappa shape index (κ1) is 15.6. The molecule has 1 unspecified atom stereocenters. The minimum atomic E-state index is 0.104. The number of amides is 1. The van der Waals surface area contributed by atoms with Gasteiger partial charge in [0, 0.05) is 12.5 Å². The summed E-state index contributed by atoms with van der Waals surface area (Å²) in [6, 6.07) is 5.97. The molecule has 1 aliphatic rings. The number of carbonyl (C=O) groups excluding carboxylic acids is 1. The number of hydrogen-bond donors (Lipinski definition) is 1. The number of likely N-dealkylation sites (N-methyl/N-ethyl adjacent to an activating group) is 1. The average Bonchev–Trinajstić information content (AvgIpc) is 3.31. The standard InChI is InChI=1S/C16H24N2O3/c1-18(2)13(10-17-16(19)11-5-6-11)12-7-8-14(20-3)15(9-12)21-4/h7-9,11,13H,5-6,10H2,1-4H3,(H,17,19). The third-order valence-corrected chi connectivity index (χ3v) is 3.83. The highest BCUT2D eigenvalue weighted by molar-refractivity contribution is 5.80. The summed E-state index contributed by atoms with van der Waals surface area (Å²) >= 11 is 0. The summed E-state index contributed by atoms with van der Waals surface area (Å²) in [5, 5.41) is 3.04. The molecule has 116 valence electrons. The van der Waals surface area contributed by atoms with Crippen molar-refractivity contribution in [3.8, 4) is 11.5 Å². The highest BCUT2D eigenvalue weighted by atomic mass is 16.5. The number of rotatable bonds is 7. The van der Waals surface area contributed by atoms with E-state index in [9.17, 15) is 4.79 Å². The van der Waals surface area contributed by atoms with Crippen LogP contribution in [0.5, 0.6) is 11.5 Å². The first-order valence-electron chi connectivity index (χ1n) is 7.23. The number of ether oxygens (including phenoxy) is 2. The second-order valence-corrected chi connectivity index (χ2v) is 5.61. The first-order chi connectivity index (χ1) is 10.1. The summed E-state index contributed by atoms with van der Waals surface area (Å²) in [5.41, 5.74) is 1.09. The summed E-state index contributed by atoms with van der Waals surface area (Å²) < 4.78 is 10.6. The lowest BCUT2D eigenvalue weighted by atomic mass is 10.0. The van der Waals surface area contributed by atoms with Crippen molar-refractivity contribution in [1.29, 1.82) is 0 Å². The maximum Gasteiger partial charge on any atom is 0.223 e. The molecule has 1 aromatic rings. The predicted octanol–water partition coefficient (Wildman–Crippen LogP) is 1.83. The van der Waals surface area contributed by atoms with E-state index in [1.54, 1.807) is 14.2 Å². The van der Waals surface area contributed by atoms with Crippen LogP contribution in [0.2, 0.25) is 0 Å². The van der Waals surface area contributed by atoms with E-state index in [0.717, 1.165) is 18.4 Å². The summed E-state index contributed by atoms with van der Waals surface area (Å²) in [6.07, 6.45) is 2.05. The van der Waals surface area contributed by atoms with Gasteiger partial charge in [-0.25, -0.2) is 0 Å². The number of methoxy groups -OCH3 is 2. The van der Waals surface area contributed by atoms with Gasteiger partial charge in [-0.1, -0.05) is 6.07 Å². The van der Waals surface area contributed by atoms with Crippen molar-refractivity contribution in [1.82, 2.24) is 10.2 Å². The molecule has 2 rings (SSSR count). The molecule has 5 heteroatoms. The molecular weight excluding hydrogens is 268 g/mol. The lowest BCUT2D eigenvalue weighted by molar-refractivity contribution is -0.122. The minimum Gasteiger partial charge on any atom is -0.493 e. The lowest BCUT2D eigenvalue weighted by Gasteiger charge is -2.26. The van der Waals surface area contributed by atoms with E-state index in [1.807, 2.05) is 32.3 Å². The SMILES string of the molecule is COc1ccc(C(CNC(=O)C2CC2)N(C)C)cc1OC. The van der Waals surface area contributed by atoms with Crippen molar-refractivity contribution in [2.45, 2.75) is 18.9 Å². The van der Waals surface area contributed by atoms with Gasteiger partial charge < -0.3 is 19.7 Å². The molecule has 0 aliphatic heterocycles. The van der Waals surface area contributed by atoms with Crippen LogP contribution >= 0.6 is 0 Å². The van der Waals surface area contributed by atoms with Crippen LogP contribution in [0.1, 0.15) is 24.4 Å². The van der Waals surface area contributed by atoms with Crippen molar-refractivity contribution in [2.24, 2.45) is 5.92 Å². The molecule has 1 aromatic carbocycles. The topological polar surface area (TPSA) is 50.8 Å². The average molecular weight is 292 g/mol. The number of carbonyl (C=O) groups is 1. The van der Waals surface area contributed by atoms with E-state index < -0.39 is 0 Å². The van der Waals surface area contributed by atoms with Crippen molar-refractivity contribution in [3.05, 3.63) is 23.8 Å². The van der Waals surface area contributed by atoms with Crippen LogP contribution in [-0.2, 0) is 4.79 Å². The van der Waals surface area contributed by atoms with Gasteiger partial charge in [0.2, 0.25) is 5.91 Å². The van der Waals surface area contributed by atoms with E-state index >= 15 is 0 Å². The van der Waals surface area contributed by atoms with Gasteiger partial charge in [0.05, 0.1) is 20.3 Å². The first-order valence-corrected chi connectivity index (χ1v) is 7.23.